The molecule has 0 bridgehead atoms. The van der Waals surface area contributed by atoms with Crippen LogP contribution < -0.4 is 0 Å². The molecule has 6 nitrogen and oxygen atoms in total. The van der Waals surface area contributed by atoms with E-state index >= 15 is 0 Å². The van der Waals surface area contributed by atoms with E-state index in [-0.39, 0.29) is 11.8 Å². The van der Waals surface area contributed by atoms with Crippen molar-refractivity contribution < 1.29 is 8.42 Å². The molecule has 1 fully saturated rings. The highest BCUT2D eigenvalue weighted by Gasteiger charge is 2.28. The number of rotatable bonds is 6. The average Bonchev–Trinajstić information content (AvgIpc) is 3.12. The Morgan fingerprint density at radius 2 is 2.17 bits per heavy atom. The summed E-state index contributed by atoms with van der Waals surface area (Å²) in [6.45, 7) is 3.86. The maximum Gasteiger partial charge on any atom is 0.213 e. The van der Waals surface area contributed by atoms with Crippen LogP contribution in [0.4, 0.5) is 0 Å². The molecule has 1 aliphatic rings. The molecule has 1 atom stereocenters. The Morgan fingerprint density at radius 1 is 1.38 bits per heavy atom. The molecule has 3 rings (SSSR count). The number of fused-ring (bicyclic) bond motifs is 1. The Morgan fingerprint density at radius 3 is 2.92 bits per heavy atom. The maximum absolute atomic E-state index is 11.9. The Balaban J connectivity index is 1.68. The van der Waals surface area contributed by atoms with E-state index in [1.54, 1.807) is 14.1 Å². The summed E-state index contributed by atoms with van der Waals surface area (Å²) in [6.07, 6.45) is 2.84. The van der Waals surface area contributed by atoms with Crippen LogP contribution >= 0.6 is 0 Å². The van der Waals surface area contributed by atoms with Crippen LogP contribution in [0.5, 0.6) is 0 Å². The molecule has 0 aliphatic carbocycles. The third-order valence-electron chi connectivity index (χ3n) is 4.74. The molecule has 24 heavy (non-hydrogen) atoms. The maximum atomic E-state index is 11.9. The minimum Gasteiger partial charge on any atom is -0.341 e. The Hall–Kier alpha value is -1.44. The summed E-state index contributed by atoms with van der Waals surface area (Å²) in [7, 11) is 0.0613. The van der Waals surface area contributed by atoms with Crippen LogP contribution in [0.3, 0.4) is 0 Å². The molecule has 0 amide bonds. The molecule has 1 aromatic heterocycles. The number of likely N-dealkylation sites (tertiary alicyclic amines) is 1. The van der Waals surface area contributed by atoms with E-state index in [4.69, 9.17) is 4.98 Å². The van der Waals surface area contributed by atoms with Crippen LogP contribution in [0.25, 0.3) is 11.0 Å². The Labute approximate surface area is 143 Å². The molecule has 2 aromatic rings. The molecule has 1 N–H and O–H groups in total. The second-order valence-electron chi connectivity index (χ2n) is 6.79. The Kier molecular flexibility index (Phi) is 4.94. The molecule has 7 heteroatoms. The van der Waals surface area contributed by atoms with Crippen LogP contribution in [-0.2, 0) is 10.0 Å². The van der Waals surface area contributed by atoms with Gasteiger partial charge in [0.15, 0.2) is 0 Å². The monoisotopic (exact) mass is 350 g/mol. The molecule has 0 unspecified atom stereocenters. The molecule has 1 aromatic carbocycles. The molecular weight excluding hydrogens is 324 g/mol. The van der Waals surface area contributed by atoms with Gasteiger partial charge in [0.1, 0.15) is 5.82 Å². The highest BCUT2D eigenvalue weighted by molar-refractivity contribution is 7.89. The van der Waals surface area contributed by atoms with Crippen LogP contribution in [0.2, 0.25) is 0 Å². The second-order valence-corrected chi connectivity index (χ2v) is 9.09. The molecule has 132 valence electrons. The van der Waals surface area contributed by atoms with Crippen LogP contribution in [0, 0.1) is 6.92 Å². The van der Waals surface area contributed by atoms with E-state index in [1.807, 2.05) is 6.07 Å². The number of aromatic amines is 1. The van der Waals surface area contributed by atoms with Crippen molar-refractivity contribution in [3.63, 3.8) is 0 Å². The number of nitrogens with one attached hydrogen (secondary N) is 1. The summed E-state index contributed by atoms with van der Waals surface area (Å²) in [5, 5.41) is 0. The van der Waals surface area contributed by atoms with Crippen molar-refractivity contribution >= 4 is 21.1 Å². The van der Waals surface area contributed by atoms with Gasteiger partial charge in [-0.3, -0.25) is 4.90 Å². The lowest BCUT2D eigenvalue weighted by atomic mass is 10.2. The van der Waals surface area contributed by atoms with Crippen LogP contribution in [-0.4, -0.2) is 60.5 Å². The number of nitrogens with zero attached hydrogens (tertiary/aromatic N) is 3. The summed E-state index contributed by atoms with van der Waals surface area (Å²) >= 11 is 0. The van der Waals surface area contributed by atoms with Crippen LogP contribution in [0.15, 0.2) is 18.2 Å². The first-order valence-electron chi connectivity index (χ1n) is 8.47. The smallest absolute Gasteiger partial charge is 0.213 e. The summed E-state index contributed by atoms with van der Waals surface area (Å²) < 4.78 is 25.1. The van der Waals surface area contributed by atoms with Gasteiger partial charge in [-0.2, -0.15) is 0 Å². The topological polar surface area (TPSA) is 69.3 Å². The SMILES string of the molecule is Cc1ccc2nc([C@@H]3CCCN3CCCS(=O)(=O)N(C)C)[nH]c2c1. The normalized spacial score (nSPS) is 19.6. The summed E-state index contributed by atoms with van der Waals surface area (Å²) in [6, 6.07) is 6.51. The summed E-state index contributed by atoms with van der Waals surface area (Å²) in [5.74, 6) is 1.20. The zero-order valence-electron chi connectivity index (χ0n) is 14.6. The van der Waals surface area contributed by atoms with Crippen molar-refractivity contribution in [2.45, 2.75) is 32.2 Å². The average molecular weight is 350 g/mol. The number of sulfonamides is 1. The lowest BCUT2D eigenvalue weighted by Gasteiger charge is -2.23. The third-order valence-corrected chi connectivity index (χ3v) is 6.66. The van der Waals surface area contributed by atoms with Crippen molar-refractivity contribution in [2.75, 3.05) is 32.9 Å². The van der Waals surface area contributed by atoms with E-state index in [2.05, 4.69) is 28.9 Å². The van der Waals surface area contributed by atoms with Gasteiger partial charge in [0, 0.05) is 14.1 Å². The molecule has 0 spiro atoms. The van der Waals surface area contributed by atoms with E-state index in [0.717, 1.165) is 42.8 Å². The molecule has 0 radical (unpaired) electrons. The number of H-pyrrole nitrogens is 1. The fraction of sp³-hybridized carbons (Fsp3) is 0.588. The Bertz CT molecular complexity index is 813. The molecule has 1 saturated heterocycles. The quantitative estimate of drug-likeness (QED) is 0.868. The summed E-state index contributed by atoms with van der Waals surface area (Å²) in [5.41, 5.74) is 3.29. The lowest BCUT2D eigenvalue weighted by Crippen LogP contribution is -2.30. The predicted octanol–water partition coefficient (Wildman–Crippen LogP) is 2.29. The van der Waals surface area contributed by atoms with E-state index in [9.17, 15) is 8.42 Å². The minimum absolute atomic E-state index is 0.197. The fourth-order valence-electron chi connectivity index (χ4n) is 3.34. The number of imidazole rings is 1. The molecule has 0 saturated carbocycles. The number of aromatic nitrogens is 2. The second kappa shape index (κ2) is 6.82. The van der Waals surface area contributed by atoms with Gasteiger partial charge in [0.25, 0.3) is 0 Å². The van der Waals surface area contributed by atoms with Gasteiger partial charge in [0.2, 0.25) is 10.0 Å². The van der Waals surface area contributed by atoms with Crippen molar-refractivity contribution in [3.05, 3.63) is 29.6 Å². The van der Waals surface area contributed by atoms with Gasteiger partial charge in [-0.05, 0) is 57.0 Å². The number of hydrogen-bond acceptors (Lipinski definition) is 4. The molecular formula is C17H26N4O2S. The van der Waals surface area contributed by atoms with Gasteiger partial charge >= 0.3 is 0 Å². The van der Waals surface area contributed by atoms with Gasteiger partial charge in [-0.1, -0.05) is 6.07 Å². The van der Waals surface area contributed by atoms with Gasteiger partial charge in [-0.15, -0.1) is 0 Å². The van der Waals surface area contributed by atoms with Gasteiger partial charge < -0.3 is 4.98 Å². The van der Waals surface area contributed by atoms with Crippen molar-refractivity contribution in [2.24, 2.45) is 0 Å². The lowest BCUT2D eigenvalue weighted by molar-refractivity contribution is 0.250. The zero-order valence-corrected chi connectivity index (χ0v) is 15.4. The van der Waals surface area contributed by atoms with E-state index in [0.29, 0.717) is 6.42 Å². The van der Waals surface area contributed by atoms with E-state index < -0.39 is 10.0 Å². The standard InChI is InChI=1S/C17H26N4O2S/c1-13-7-8-14-15(12-13)19-17(18-14)16-6-4-9-21(16)10-5-11-24(22,23)20(2)3/h7-8,12,16H,4-6,9-11H2,1-3H3,(H,18,19)/t16-/m0/s1. The van der Waals surface area contributed by atoms with Crippen molar-refractivity contribution in [1.29, 1.82) is 0 Å². The fourth-order valence-corrected chi connectivity index (χ4v) is 4.20. The predicted molar refractivity (Wildman–Crippen MR) is 96.5 cm³/mol. The molecule has 1 aliphatic heterocycles. The number of benzene rings is 1. The van der Waals surface area contributed by atoms with E-state index in [1.165, 1.54) is 9.87 Å². The first kappa shape index (κ1) is 17.4. The molecule has 2 heterocycles. The number of aryl methyl sites for hydroxylation is 1. The number of hydrogen-bond donors (Lipinski definition) is 1. The van der Waals surface area contributed by atoms with Gasteiger partial charge in [0.05, 0.1) is 22.8 Å². The van der Waals surface area contributed by atoms with Crippen molar-refractivity contribution in [1.82, 2.24) is 19.2 Å². The van der Waals surface area contributed by atoms with Crippen molar-refractivity contribution in [3.8, 4) is 0 Å². The van der Waals surface area contributed by atoms with Crippen LogP contribution in [0.1, 0.15) is 36.7 Å². The third kappa shape index (κ3) is 3.63. The van der Waals surface area contributed by atoms with Gasteiger partial charge in [-0.25, -0.2) is 17.7 Å². The zero-order chi connectivity index (χ0) is 17.3. The highest BCUT2D eigenvalue weighted by atomic mass is 32.2. The highest BCUT2D eigenvalue weighted by Crippen LogP contribution is 2.31. The minimum atomic E-state index is -3.11. The summed E-state index contributed by atoms with van der Waals surface area (Å²) in [4.78, 5) is 10.6. The first-order chi connectivity index (χ1) is 11.4. The first-order valence-corrected chi connectivity index (χ1v) is 10.1. The largest absolute Gasteiger partial charge is 0.341 e.